The summed E-state index contributed by atoms with van der Waals surface area (Å²) in [5.41, 5.74) is 0.875. The van der Waals surface area contributed by atoms with Crippen LogP contribution in [0.2, 0.25) is 0 Å². The van der Waals surface area contributed by atoms with Crippen molar-refractivity contribution in [2.45, 2.75) is 45.8 Å². The van der Waals surface area contributed by atoms with Crippen LogP contribution in [-0.4, -0.2) is 83.2 Å². The number of rotatable bonds is 5. The van der Waals surface area contributed by atoms with E-state index in [4.69, 9.17) is 0 Å². The zero-order chi connectivity index (χ0) is 18.9. The molecule has 0 unspecified atom stereocenters. The van der Waals surface area contributed by atoms with E-state index in [-0.39, 0.29) is 18.3 Å². The molecule has 2 heterocycles. The molecule has 1 N–H and O–H groups in total. The number of aryl methyl sites for hydroxylation is 1. The lowest BCUT2D eigenvalue weighted by Crippen LogP contribution is -2.40. The zero-order valence-electron chi connectivity index (χ0n) is 16.5. The molecule has 1 aliphatic rings. The molecule has 2 rings (SSSR count). The number of hydrogen-bond donors (Lipinski definition) is 1. The Morgan fingerprint density at radius 3 is 2.44 bits per heavy atom. The zero-order valence-corrected chi connectivity index (χ0v) is 16.5. The van der Waals surface area contributed by atoms with E-state index < -0.39 is 5.60 Å². The second-order valence-electron chi connectivity index (χ2n) is 7.91. The molecule has 1 aliphatic heterocycles. The number of anilines is 1. The topological polar surface area (TPSA) is 72.8 Å². The summed E-state index contributed by atoms with van der Waals surface area (Å²) in [6.45, 7) is 9.31. The van der Waals surface area contributed by atoms with Gasteiger partial charge in [-0.15, -0.1) is 0 Å². The average molecular weight is 349 g/mol. The number of carbonyl (C=O) groups excluding carboxylic acids is 1. The predicted octanol–water partition coefficient (Wildman–Crippen LogP) is 1.08. The molecule has 1 fully saturated rings. The van der Waals surface area contributed by atoms with Gasteiger partial charge < -0.3 is 19.8 Å². The predicted molar refractivity (Wildman–Crippen MR) is 99.1 cm³/mol. The second-order valence-corrected chi connectivity index (χ2v) is 7.91. The molecule has 1 aromatic heterocycles. The van der Waals surface area contributed by atoms with Crippen LogP contribution < -0.4 is 4.90 Å². The molecule has 7 nitrogen and oxygen atoms in total. The summed E-state index contributed by atoms with van der Waals surface area (Å²) in [6, 6.07) is 0.492. The summed E-state index contributed by atoms with van der Waals surface area (Å²) in [6.07, 6.45) is 1.08. The van der Waals surface area contributed by atoms with Gasteiger partial charge in [0.25, 0.3) is 5.91 Å². The van der Waals surface area contributed by atoms with E-state index in [9.17, 15) is 9.90 Å². The van der Waals surface area contributed by atoms with Crippen molar-refractivity contribution in [3.8, 4) is 0 Å². The lowest BCUT2D eigenvalue weighted by Gasteiger charge is -2.26. The minimum atomic E-state index is -0.957. The van der Waals surface area contributed by atoms with E-state index in [1.807, 2.05) is 13.8 Å². The van der Waals surface area contributed by atoms with Crippen LogP contribution in [0.5, 0.6) is 0 Å². The third-order valence-corrected chi connectivity index (χ3v) is 4.72. The summed E-state index contributed by atoms with van der Waals surface area (Å²) >= 11 is 0. The van der Waals surface area contributed by atoms with Gasteiger partial charge in [0.1, 0.15) is 5.82 Å². The van der Waals surface area contributed by atoms with Crippen molar-refractivity contribution < 1.29 is 9.90 Å². The van der Waals surface area contributed by atoms with Crippen LogP contribution in [0.25, 0.3) is 0 Å². The van der Waals surface area contributed by atoms with Gasteiger partial charge in [-0.3, -0.25) is 4.79 Å². The number of aliphatic hydroxyl groups is 1. The molecule has 1 saturated heterocycles. The van der Waals surface area contributed by atoms with Gasteiger partial charge >= 0.3 is 0 Å². The molecule has 1 amide bonds. The molecule has 0 aliphatic carbocycles. The van der Waals surface area contributed by atoms with Gasteiger partial charge in [-0.25, -0.2) is 9.97 Å². The Kier molecular flexibility index (Phi) is 5.68. The largest absolute Gasteiger partial charge is 0.389 e. The Hall–Kier alpha value is -1.73. The highest BCUT2D eigenvalue weighted by Gasteiger charge is 2.28. The van der Waals surface area contributed by atoms with Crippen molar-refractivity contribution in [3.05, 3.63) is 17.1 Å². The van der Waals surface area contributed by atoms with E-state index in [2.05, 4.69) is 33.9 Å². The highest BCUT2D eigenvalue weighted by molar-refractivity contribution is 5.91. The first-order valence-electron chi connectivity index (χ1n) is 8.74. The van der Waals surface area contributed by atoms with Crippen molar-refractivity contribution in [2.24, 2.45) is 0 Å². The molecule has 0 spiro atoms. The summed E-state index contributed by atoms with van der Waals surface area (Å²) < 4.78 is 0. The van der Waals surface area contributed by atoms with E-state index in [0.717, 1.165) is 36.6 Å². The molecule has 25 heavy (non-hydrogen) atoms. The van der Waals surface area contributed by atoms with Crippen LogP contribution in [0.15, 0.2) is 0 Å². The Balaban J connectivity index is 2.27. The Labute approximate surface area is 150 Å². The van der Waals surface area contributed by atoms with Crippen LogP contribution >= 0.6 is 0 Å². The van der Waals surface area contributed by atoms with Crippen molar-refractivity contribution in [1.29, 1.82) is 0 Å². The number of nitrogens with zero attached hydrogens (tertiary/aromatic N) is 5. The molecule has 0 radical (unpaired) electrons. The normalized spacial score (nSPS) is 18.1. The van der Waals surface area contributed by atoms with E-state index in [0.29, 0.717) is 6.04 Å². The SMILES string of the molecule is Cc1nc(C(=O)N(C)CC(C)(C)O)nc(N2CC[C@@H](N(C)C)C2)c1C. The number of likely N-dealkylation sites (N-methyl/N-ethyl adjacent to an activating group) is 2. The fourth-order valence-corrected chi connectivity index (χ4v) is 3.20. The summed E-state index contributed by atoms with van der Waals surface area (Å²) in [5, 5.41) is 9.94. The third kappa shape index (κ3) is 4.67. The molecule has 0 aromatic carbocycles. The summed E-state index contributed by atoms with van der Waals surface area (Å²) in [7, 11) is 5.84. The molecule has 140 valence electrons. The second kappa shape index (κ2) is 7.25. The maximum Gasteiger partial charge on any atom is 0.291 e. The maximum atomic E-state index is 12.7. The molecule has 1 aromatic rings. The highest BCUT2D eigenvalue weighted by Crippen LogP contribution is 2.25. The maximum absolute atomic E-state index is 12.7. The van der Waals surface area contributed by atoms with Gasteiger partial charge in [0.2, 0.25) is 5.82 Å². The van der Waals surface area contributed by atoms with Gasteiger partial charge in [-0.1, -0.05) is 0 Å². The van der Waals surface area contributed by atoms with E-state index in [1.165, 1.54) is 4.90 Å². The van der Waals surface area contributed by atoms with Gasteiger partial charge in [0, 0.05) is 44.0 Å². The lowest BCUT2D eigenvalue weighted by molar-refractivity contribution is 0.0361. The molecular weight excluding hydrogens is 318 g/mol. The minimum absolute atomic E-state index is 0.193. The molecule has 0 saturated carbocycles. The first kappa shape index (κ1) is 19.6. The van der Waals surface area contributed by atoms with Crippen LogP contribution in [0.3, 0.4) is 0 Å². The number of hydrogen-bond acceptors (Lipinski definition) is 6. The van der Waals surface area contributed by atoms with Gasteiger partial charge in [0.05, 0.1) is 5.60 Å². The van der Waals surface area contributed by atoms with E-state index >= 15 is 0 Å². The Bertz CT molecular complexity index is 639. The van der Waals surface area contributed by atoms with Crippen molar-refractivity contribution >= 4 is 11.7 Å². The van der Waals surface area contributed by atoms with Crippen molar-refractivity contribution in [1.82, 2.24) is 19.8 Å². The molecule has 0 bridgehead atoms. The Morgan fingerprint density at radius 1 is 1.28 bits per heavy atom. The van der Waals surface area contributed by atoms with Gasteiger partial charge in [-0.05, 0) is 48.2 Å². The third-order valence-electron chi connectivity index (χ3n) is 4.72. The molecule has 7 heteroatoms. The first-order chi connectivity index (χ1) is 11.5. The van der Waals surface area contributed by atoms with Crippen LogP contribution in [-0.2, 0) is 0 Å². The van der Waals surface area contributed by atoms with Crippen LogP contribution in [0.4, 0.5) is 5.82 Å². The fraction of sp³-hybridized carbons (Fsp3) is 0.722. The number of aromatic nitrogens is 2. The van der Waals surface area contributed by atoms with Gasteiger partial charge in [-0.2, -0.15) is 0 Å². The van der Waals surface area contributed by atoms with Crippen molar-refractivity contribution in [3.63, 3.8) is 0 Å². The minimum Gasteiger partial charge on any atom is -0.389 e. The monoisotopic (exact) mass is 349 g/mol. The molecular formula is C18H31N5O2. The van der Waals surface area contributed by atoms with E-state index in [1.54, 1.807) is 20.9 Å². The molecule has 1 atom stereocenters. The lowest BCUT2D eigenvalue weighted by atomic mass is 10.1. The summed E-state index contributed by atoms with van der Waals surface area (Å²) in [4.78, 5) is 27.6. The average Bonchev–Trinajstić information content (AvgIpc) is 2.97. The smallest absolute Gasteiger partial charge is 0.291 e. The standard InChI is InChI=1S/C18H31N5O2/c1-12-13(2)19-15(17(24)22(7)11-18(3,4)25)20-16(12)23-9-8-14(10-23)21(5)6/h14,25H,8-11H2,1-7H3/t14-/m1/s1. The number of carbonyl (C=O) groups is 1. The number of amides is 1. The van der Waals surface area contributed by atoms with Crippen molar-refractivity contribution in [2.75, 3.05) is 45.7 Å². The van der Waals surface area contributed by atoms with Crippen LogP contribution in [0.1, 0.15) is 42.1 Å². The fourth-order valence-electron chi connectivity index (χ4n) is 3.20. The quantitative estimate of drug-likeness (QED) is 0.857. The van der Waals surface area contributed by atoms with Crippen LogP contribution in [0, 0.1) is 13.8 Å². The Morgan fingerprint density at radius 2 is 1.92 bits per heavy atom. The first-order valence-corrected chi connectivity index (χ1v) is 8.74. The van der Waals surface area contributed by atoms with Gasteiger partial charge in [0.15, 0.2) is 0 Å². The highest BCUT2D eigenvalue weighted by atomic mass is 16.3. The summed E-state index contributed by atoms with van der Waals surface area (Å²) in [5.74, 6) is 0.768.